The third-order valence-electron chi connectivity index (χ3n) is 2.83. The molecule has 0 aliphatic rings. The van der Waals surface area contributed by atoms with Gasteiger partial charge in [0.05, 0.1) is 12.1 Å². The highest BCUT2D eigenvalue weighted by atomic mass is 32.1. The number of nitrogens with zero attached hydrogens (tertiary/aromatic N) is 1. The van der Waals surface area contributed by atoms with Gasteiger partial charge in [-0.3, -0.25) is 9.59 Å². The topological polar surface area (TPSA) is 79.3 Å². The van der Waals surface area contributed by atoms with E-state index in [9.17, 15) is 9.59 Å². The first-order chi connectivity index (χ1) is 10.0. The number of nitrogens with one attached hydrogen (secondary N) is 1. The second-order valence-corrected chi connectivity index (χ2v) is 6.48. The number of aromatic nitrogens is 1. The number of carbonyl (C=O) groups is 2. The van der Waals surface area contributed by atoms with Gasteiger partial charge in [0.1, 0.15) is 5.01 Å². The van der Waals surface area contributed by atoms with E-state index in [1.165, 1.54) is 11.3 Å². The molecule has 0 saturated carbocycles. The fourth-order valence-electron chi connectivity index (χ4n) is 1.79. The summed E-state index contributed by atoms with van der Waals surface area (Å²) in [7, 11) is 0. The van der Waals surface area contributed by atoms with Gasteiger partial charge in [0, 0.05) is 29.3 Å². The summed E-state index contributed by atoms with van der Waals surface area (Å²) in [5, 5.41) is 18.2. The van der Waals surface area contributed by atoms with Crippen molar-refractivity contribution in [1.82, 2.24) is 10.3 Å². The summed E-state index contributed by atoms with van der Waals surface area (Å²) in [6, 6.07) is 2.00. The number of hydrogen-bond acceptors (Lipinski definition) is 5. The summed E-state index contributed by atoms with van der Waals surface area (Å²) in [6.07, 6.45) is 0.277. The monoisotopic (exact) mass is 324 g/mol. The van der Waals surface area contributed by atoms with E-state index >= 15 is 0 Å². The van der Waals surface area contributed by atoms with Crippen molar-refractivity contribution in [3.63, 3.8) is 0 Å². The zero-order chi connectivity index (χ0) is 15.2. The number of thiazole rings is 1. The van der Waals surface area contributed by atoms with Crippen LogP contribution in [0.5, 0.6) is 0 Å². The minimum atomic E-state index is -0.850. The van der Waals surface area contributed by atoms with E-state index in [2.05, 4.69) is 10.3 Å². The standard InChI is InChI=1S/C14H16N2O3S2/c1-9(4-13(18)19)6-15-12(17)5-11-8-21-14(16-11)10-2-3-20-7-10/h2-3,7-9H,4-6H2,1H3,(H,15,17)(H,18,19). The Balaban J connectivity index is 1.82. The lowest BCUT2D eigenvalue weighted by Gasteiger charge is -2.09. The molecule has 0 spiro atoms. The van der Waals surface area contributed by atoms with Crippen molar-refractivity contribution in [1.29, 1.82) is 0 Å². The van der Waals surface area contributed by atoms with Crippen molar-refractivity contribution in [2.45, 2.75) is 19.8 Å². The number of carbonyl (C=O) groups excluding carboxylic acids is 1. The number of aliphatic carboxylic acids is 1. The first-order valence-corrected chi connectivity index (χ1v) is 8.32. The average molecular weight is 324 g/mol. The summed E-state index contributed by atoms with van der Waals surface area (Å²) in [5.74, 6) is -1.06. The number of carboxylic acids is 1. The summed E-state index contributed by atoms with van der Waals surface area (Å²) in [5.41, 5.74) is 1.82. The minimum absolute atomic E-state index is 0.0548. The maximum atomic E-state index is 11.8. The Morgan fingerprint density at radius 1 is 1.43 bits per heavy atom. The predicted octanol–water partition coefficient (Wildman–Crippen LogP) is 2.64. The largest absolute Gasteiger partial charge is 0.481 e. The molecule has 0 saturated heterocycles. The lowest BCUT2D eigenvalue weighted by Crippen LogP contribution is -2.30. The lowest BCUT2D eigenvalue weighted by atomic mass is 10.1. The maximum absolute atomic E-state index is 11.8. The van der Waals surface area contributed by atoms with Gasteiger partial charge in [-0.25, -0.2) is 4.98 Å². The van der Waals surface area contributed by atoms with Crippen LogP contribution in [0.3, 0.4) is 0 Å². The second kappa shape index (κ2) is 7.33. The normalized spacial score (nSPS) is 12.0. The molecule has 0 fully saturated rings. The van der Waals surface area contributed by atoms with Gasteiger partial charge >= 0.3 is 5.97 Å². The average Bonchev–Trinajstić information content (AvgIpc) is 3.05. The van der Waals surface area contributed by atoms with Crippen LogP contribution >= 0.6 is 22.7 Å². The van der Waals surface area contributed by atoms with Gasteiger partial charge in [-0.1, -0.05) is 6.92 Å². The Kier molecular flexibility index (Phi) is 5.46. The lowest BCUT2D eigenvalue weighted by molar-refractivity contribution is -0.138. The summed E-state index contributed by atoms with van der Waals surface area (Å²) < 4.78 is 0. The molecule has 2 rings (SSSR count). The molecule has 0 aromatic carbocycles. The Morgan fingerprint density at radius 2 is 2.24 bits per heavy atom. The van der Waals surface area contributed by atoms with Crippen LogP contribution in [-0.4, -0.2) is 28.5 Å². The smallest absolute Gasteiger partial charge is 0.303 e. The molecule has 2 N–H and O–H groups in total. The van der Waals surface area contributed by atoms with Gasteiger partial charge in [-0.15, -0.1) is 11.3 Å². The third-order valence-corrected chi connectivity index (χ3v) is 4.46. The van der Waals surface area contributed by atoms with Crippen LogP contribution in [0.2, 0.25) is 0 Å². The Labute approximate surface area is 130 Å². The number of thiophene rings is 1. The number of carboxylic acid groups (broad SMARTS) is 1. The molecule has 7 heteroatoms. The number of hydrogen-bond donors (Lipinski definition) is 2. The van der Waals surface area contributed by atoms with E-state index in [4.69, 9.17) is 5.11 Å². The maximum Gasteiger partial charge on any atom is 0.303 e. The van der Waals surface area contributed by atoms with Crippen LogP contribution in [0.15, 0.2) is 22.2 Å². The fourth-order valence-corrected chi connectivity index (χ4v) is 3.32. The molecular weight excluding hydrogens is 308 g/mol. The van der Waals surface area contributed by atoms with Crippen molar-refractivity contribution in [3.05, 3.63) is 27.9 Å². The van der Waals surface area contributed by atoms with Crippen LogP contribution in [-0.2, 0) is 16.0 Å². The molecular formula is C14H16N2O3S2. The second-order valence-electron chi connectivity index (χ2n) is 4.84. The first kappa shape index (κ1) is 15.7. The number of rotatable bonds is 7. The van der Waals surface area contributed by atoms with E-state index in [-0.39, 0.29) is 24.7 Å². The highest BCUT2D eigenvalue weighted by molar-refractivity contribution is 7.14. The fraction of sp³-hybridized carbons (Fsp3) is 0.357. The zero-order valence-electron chi connectivity index (χ0n) is 11.5. The molecule has 0 radical (unpaired) electrons. The van der Waals surface area contributed by atoms with Gasteiger partial charge in [-0.05, 0) is 17.4 Å². The Hall–Kier alpha value is -1.73. The third kappa shape index (κ3) is 4.95. The molecule has 2 aromatic rings. The van der Waals surface area contributed by atoms with Gasteiger partial charge < -0.3 is 10.4 Å². The van der Waals surface area contributed by atoms with Gasteiger partial charge in [0.25, 0.3) is 0 Å². The molecule has 112 valence electrons. The van der Waals surface area contributed by atoms with Gasteiger partial charge in [-0.2, -0.15) is 11.3 Å². The van der Waals surface area contributed by atoms with Crippen molar-refractivity contribution < 1.29 is 14.7 Å². The minimum Gasteiger partial charge on any atom is -0.481 e. The quantitative estimate of drug-likeness (QED) is 0.820. The Bertz CT molecular complexity index is 608. The van der Waals surface area contributed by atoms with Crippen LogP contribution in [0.25, 0.3) is 10.6 Å². The summed E-state index contributed by atoms with van der Waals surface area (Å²) >= 11 is 3.13. The predicted molar refractivity (Wildman–Crippen MR) is 83.6 cm³/mol. The molecule has 1 unspecified atom stereocenters. The van der Waals surface area contributed by atoms with Crippen LogP contribution in [0.1, 0.15) is 19.0 Å². The van der Waals surface area contributed by atoms with Crippen LogP contribution < -0.4 is 5.32 Å². The highest BCUT2D eigenvalue weighted by Gasteiger charge is 2.12. The van der Waals surface area contributed by atoms with E-state index in [0.717, 1.165) is 16.3 Å². The Morgan fingerprint density at radius 3 is 2.90 bits per heavy atom. The van der Waals surface area contributed by atoms with Gasteiger partial charge in [0.15, 0.2) is 0 Å². The highest BCUT2D eigenvalue weighted by Crippen LogP contribution is 2.25. The summed E-state index contributed by atoms with van der Waals surface area (Å²) in [4.78, 5) is 26.8. The zero-order valence-corrected chi connectivity index (χ0v) is 13.2. The molecule has 5 nitrogen and oxygen atoms in total. The number of amides is 1. The van der Waals surface area contributed by atoms with Gasteiger partial charge in [0.2, 0.25) is 5.91 Å². The molecule has 2 aromatic heterocycles. The van der Waals surface area contributed by atoms with Crippen molar-refractivity contribution in [2.75, 3.05) is 6.54 Å². The van der Waals surface area contributed by atoms with Crippen LogP contribution in [0, 0.1) is 5.92 Å². The molecule has 2 heterocycles. The molecule has 1 amide bonds. The van der Waals surface area contributed by atoms with Crippen LogP contribution in [0.4, 0.5) is 0 Å². The molecule has 0 aliphatic heterocycles. The van der Waals surface area contributed by atoms with Crippen molar-refractivity contribution in [2.24, 2.45) is 5.92 Å². The van der Waals surface area contributed by atoms with E-state index in [1.807, 2.05) is 22.2 Å². The summed E-state index contributed by atoms with van der Waals surface area (Å²) in [6.45, 7) is 2.17. The molecule has 0 bridgehead atoms. The molecule has 21 heavy (non-hydrogen) atoms. The van der Waals surface area contributed by atoms with Crippen molar-refractivity contribution in [3.8, 4) is 10.6 Å². The molecule has 0 aliphatic carbocycles. The molecule has 1 atom stereocenters. The van der Waals surface area contributed by atoms with E-state index in [0.29, 0.717) is 6.54 Å². The first-order valence-electron chi connectivity index (χ1n) is 6.50. The van der Waals surface area contributed by atoms with E-state index in [1.54, 1.807) is 18.3 Å². The van der Waals surface area contributed by atoms with Crippen molar-refractivity contribution >= 4 is 34.6 Å². The van der Waals surface area contributed by atoms with E-state index < -0.39 is 5.97 Å². The SMILES string of the molecule is CC(CNC(=O)Cc1csc(-c2ccsc2)n1)CC(=O)O.